The standard InChI is InChI=1S/C29H31F2N9OS/c1-18-5-4-8-38(13-18)16-22-9-26(42-37-22)36-28-29-33-12-24(40(29)14-19(2)35-28)21-11-34-39(15-21)17-25(41)32-10-20-6-3-7-23(30)27(20)31/h3,6-7,9,11-12,14-15,18H,4-5,8,10,13,16-17H2,1-2H3,(H,32,41)(H,35,36). The maximum Gasteiger partial charge on any atom is 0.241 e. The molecule has 4 aromatic heterocycles. The summed E-state index contributed by atoms with van der Waals surface area (Å²) in [6.07, 6.45) is 9.56. The first-order valence-electron chi connectivity index (χ1n) is 13.8. The van der Waals surface area contributed by atoms with Gasteiger partial charge in [0.15, 0.2) is 23.1 Å². The molecule has 2 N–H and O–H groups in total. The Bertz CT molecular complexity index is 1730. The van der Waals surface area contributed by atoms with E-state index in [0.29, 0.717) is 11.5 Å². The number of likely N-dealkylation sites (tertiary alicyclic amines) is 1. The van der Waals surface area contributed by atoms with Gasteiger partial charge in [-0.2, -0.15) is 9.47 Å². The van der Waals surface area contributed by atoms with Crippen molar-refractivity contribution in [3.05, 3.63) is 77.6 Å². The molecular formula is C29H31F2N9OS. The maximum absolute atomic E-state index is 13.9. The van der Waals surface area contributed by atoms with Gasteiger partial charge in [-0.15, -0.1) is 0 Å². The molecule has 5 heterocycles. The molecule has 0 aliphatic carbocycles. The zero-order chi connectivity index (χ0) is 29.2. The van der Waals surface area contributed by atoms with Crippen LogP contribution in [0.1, 0.15) is 36.7 Å². The van der Waals surface area contributed by atoms with Gasteiger partial charge in [0.25, 0.3) is 0 Å². The monoisotopic (exact) mass is 591 g/mol. The molecule has 42 heavy (non-hydrogen) atoms. The number of imidazole rings is 1. The van der Waals surface area contributed by atoms with E-state index < -0.39 is 11.6 Å². The summed E-state index contributed by atoms with van der Waals surface area (Å²) in [5, 5.41) is 11.2. The third-order valence-electron chi connectivity index (χ3n) is 7.28. The zero-order valence-electron chi connectivity index (χ0n) is 23.3. The molecule has 10 nitrogen and oxygen atoms in total. The molecule has 0 spiro atoms. The molecule has 5 aromatic rings. The van der Waals surface area contributed by atoms with Crippen molar-refractivity contribution < 1.29 is 13.6 Å². The lowest BCUT2D eigenvalue weighted by atomic mass is 10.0. The van der Waals surface area contributed by atoms with Crippen LogP contribution >= 0.6 is 11.5 Å². The van der Waals surface area contributed by atoms with Gasteiger partial charge in [-0.1, -0.05) is 19.1 Å². The van der Waals surface area contributed by atoms with E-state index in [1.807, 2.05) is 17.5 Å². The zero-order valence-corrected chi connectivity index (χ0v) is 24.2. The fourth-order valence-corrected chi connectivity index (χ4v) is 5.95. The number of carbonyl (C=O) groups excluding carboxylic acids is 1. The maximum atomic E-state index is 13.9. The van der Waals surface area contributed by atoms with Gasteiger partial charge < -0.3 is 10.6 Å². The number of carbonyl (C=O) groups is 1. The van der Waals surface area contributed by atoms with E-state index in [9.17, 15) is 13.6 Å². The van der Waals surface area contributed by atoms with Crippen LogP contribution in [-0.2, 0) is 24.4 Å². The van der Waals surface area contributed by atoms with E-state index in [0.717, 1.165) is 59.3 Å². The van der Waals surface area contributed by atoms with Crippen LogP contribution < -0.4 is 10.6 Å². The first-order chi connectivity index (χ1) is 20.3. The molecule has 1 saturated heterocycles. The minimum Gasteiger partial charge on any atom is -0.350 e. The highest BCUT2D eigenvalue weighted by Crippen LogP contribution is 2.28. The summed E-state index contributed by atoms with van der Waals surface area (Å²) in [5.74, 6) is -0.949. The van der Waals surface area contributed by atoms with E-state index in [2.05, 4.69) is 43.0 Å². The first-order valence-corrected chi connectivity index (χ1v) is 14.6. The fourth-order valence-electron chi connectivity index (χ4n) is 5.29. The molecule has 13 heteroatoms. The van der Waals surface area contributed by atoms with Crippen LogP contribution in [0.25, 0.3) is 16.9 Å². The topological polar surface area (TPSA) is 105 Å². The lowest BCUT2D eigenvalue weighted by Gasteiger charge is -2.30. The second kappa shape index (κ2) is 11.9. The van der Waals surface area contributed by atoms with Gasteiger partial charge in [0.2, 0.25) is 5.91 Å². The number of benzene rings is 1. The Morgan fingerprint density at radius 1 is 1.21 bits per heavy atom. The largest absolute Gasteiger partial charge is 0.350 e. The van der Waals surface area contributed by atoms with E-state index >= 15 is 0 Å². The molecule has 218 valence electrons. The van der Waals surface area contributed by atoms with E-state index in [4.69, 9.17) is 4.98 Å². The Morgan fingerprint density at radius 2 is 2.10 bits per heavy atom. The summed E-state index contributed by atoms with van der Waals surface area (Å²) in [6, 6.07) is 5.94. The number of fused-ring (bicyclic) bond motifs is 1. The SMILES string of the molecule is Cc1cn2c(-c3cnn(CC(=O)NCc4cccc(F)c4F)c3)cnc2c(Nc2cc(CN3CCCC(C)C3)ns2)n1. The van der Waals surface area contributed by atoms with Gasteiger partial charge in [-0.25, -0.2) is 18.7 Å². The number of amides is 1. The molecule has 1 fully saturated rings. The Hall–Kier alpha value is -4.23. The van der Waals surface area contributed by atoms with Crippen LogP contribution in [0.2, 0.25) is 0 Å². The third-order valence-corrected chi connectivity index (χ3v) is 8.02. The van der Waals surface area contributed by atoms with Crippen molar-refractivity contribution in [3.8, 4) is 11.3 Å². The Labute approximate surface area is 245 Å². The summed E-state index contributed by atoms with van der Waals surface area (Å²) in [7, 11) is 0. The van der Waals surface area contributed by atoms with Crippen molar-refractivity contribution in [1.29, 1.82) is 0 Å². The van der Waals surface area contributed by atoms with Crippen molar-refractivity contribution in [1.82, 2.24) is 38.7 Å². The highest BCUT2D eigenvalue weighted by Gasteiger charge is 2.19. The number of nitrogens with zero attached hydrogens (tertiary/aromatic N) is 7. The molecule has 1 aliphatic heterocycles. The lowest BCUT2D eigenvalue weighted by molar-refractivity contribution is -0.122. The normalized spacial score (nSPS) is 15.8. The van der Waals surface area contributed by atoms with Crippen LogP contribution in [0.5, 0.6) is 0 Å². The van der Waals surface area contributed by atoms with Gasteiger partial charge in [0.1, 0.15) is 11.5 Å². The number of rotatable bonds is 9. The summed E-state index contributed by atoms with van der Waals surface area (Å²) in [4.78, 5) is 24.2. The van der Waals surface area contributed by atoms with Crippen LogP contribution in [0.3, 0.4) is 0 Å². The number of aromatic nitrogens is 6. The second-order valence-corrected chi connectivity index (χ2v) is 11.6. The predicted molar refractivity (Wildman–Crippen MR) is 156 cm³/mol. The molecule has 1 aromatic carbocycles. The van der Waals surface area contributed by atoms with E-state index in [-0.39, 0.29) is 24.6 Å². The minimum atomic E-state index is -0.965. The molecule has 1 atom stereocenters. The molecule has 1 unspecified atom stereocenters. The van der Waals surface area contributed by atoms with Crippen molar-refractivity contribution >= 4 is 33.9 Å². The molecule has 0 radical (unpaired) electrons. The van der Waals surface area contributed by atoms with Crippen molar-refractivity contribution in [2.45, 2.75) is 46.3 Å². The van der Waals surface area contributed by atoms with E-state index in [1.54, 1.807) is 18.6 Å². The summed E-state index contributed by atoms with van der Waals surface area (Å²) < 4.78 is 35.4. The van der Waals surface area contributed by atoms with Gasteiger partial charge in [-0.05, 0) is 55.9 Å². The summed E-state index contributed by atoms with van der Waals surface area (Å²) in [5.41, 5.74) is 4.12. The number of aryl methyl sites for hydroxylation is 1. The van der Waals surface area contributed by atoms with Gasteiger partial charge in [0, 0.05) is 43.2 Å². The average Bonchev–Trinajstić information content (AvgIpc) is 3.70. The summed E-state index contributed by atoms with van der Waals surface area (Å²) in [6.45, 7) is 7.08. The quantitative estimate of drug-likeness (QED) is 0.251. The number of anilines is 2. The number of hydrogen-bond acceptors (Lipinski definition) is 8. The van der Waals surface area contributed by atoms with Gasteiger partial charge in [0.05, 0.1) is 29.5 Å². The number of halogens is 2. The minimum absolute atomic E-state index is 0.0783. The van der Waals surface area contributed by atoms with E-state index in [1.165, 1.54) is 41.2 Å². The number of hydrogen-bond donors (Lipinski definition) is 2. The van der Waals surface area contributed by atoms with Crippen LogP contribution in [0.15, 0.2) is 49.1 Å². The molecule has 1 aliphatic rings. The summed E-state index contributed by atoms with van der Waals surface area (Å²) >= 11 is 1.41. The first kappa shape index (κ1) is 27.9. The van der Waals surface area contributed by atoms with Crippen LogP contribution in [0, 0.1) is 24.5 Å². The number of piperidine rings is 1. The predicted octanol–water partition coefficient (Wildman–Crippen LogP) is 4.93. The molecule has 6 rings (SSSR count). The highest BCUT2D eigenvalue weighted by molar-refractivity contribution is 7.10. The van der Waals surface area contributed by atoms with Gasteiger partial charge >= 0.3 is 0 Å². The number of nitrogens with one attached hydrogen (secondary N) is 2. The Kier molecular flexibility index (Phi) is 7.94. The van der Waals surface area contributed by atoms with Crippen molar-refractivity contribution in [2.75, 3.05) is 18.4 Å². The Morgan fingerprint density at radius 3 is 2.95 bits per heavy atom. The average molecular weight is 592 g/mol. The third kappa shape index (κ3) is 6.16. The Balaban J connectivity index is 1.14. The highest BCUT2D eigenvalue weighted by atomic mass is 32.1. The van der Waals surface area contributed by atoms with Gasteiger partial charge in [-0.3, -0.25) is 18.8 Å². The van der Waals surface area contributed by atoms with Crippen molar-refractivity contribution in [3.63, 3.8) is 0 Å². The smallest absolute Gasteiger partial charge is 0.241 e. The lowest BCUT2D eigenvalue weighted by Crippen LogP contribution is -2.33. The molecule has 0 bridgehead atoms. The van der Waals surface area contributed by atoms with Crippen LogP contribution in [-0.4, -0.2) is 52.4 Å². The second-order valence-electron chi connectivity index (χ2n) is 10.8. The van der Waals surface area contributed by atoms with Crippen molar-refractivity contribution in [2.24, 2.45) is 5.92 Å². The molecule has 0 saturated carbocycles. The fraction of sp³-hybridized carbons (Fsp3) is 0.345. The van der Waals surface area contributed by atoms with Crippen LogP contribution in [0.4, 0.5) is 19.6 Å². The molecular weight excluding hydrogens is 560 g/mol. The molecule has 1 amide bonds.